The van der Waals surface area contributed by atoms with Crippen LogP contribution >= 0.6 is 0 Å². The fourth-order valence-corrected chi connectivity index (χ4v) is 2.52. The minimum absolute atomic E-state index is 0.719. The number of imidazole rings is 1. The summed E-state index contributed by atoms with van der Waals surface area (Å²) in [5.41, 5.74) is 3.24. The number of para-hydroxylation sites is 2. The predicted octanol–water partition coefficient (Wildman–Crippen LogP) is 2.44. The first kappa shape index (κ1) is 13.7. The SMILES string of the molecule is CCn1c(CNCc2ccnc(C)n2)nc2ccccc21. The Bertz CT molecular complexity index is 747. The van der Waals surface area contributed by atoms with E-state index in [4.69, 9.17) is 4.98 Å². The normalized spacial score (nSPS) is 11.1. The average molecular weight is 281 g/mol. The average Bonchev–Trinajstić information content (AvgIpc) is 2.84. The van der Waals surface area contributed by atoms with Crippen molar-refractivity contribution in [1.82, 2.24) is 24.8 Å². The van der Waals surface area contributed by atoms with Gasteiger partial charge in [0.15, 0.2) is 0 Å². The molecule has 1 aromatic carbocycles. The third-order valence-corrected chi connectivity index (χ3v) is 3.47. The van der Waals surface area contributed by atoms with E-state index in [0.717, 1.165) is 42.5 Å². The Morgan fingerprint density at radius 2 is 1.95 bits per heavy atom. The molecular formula is C16H19N5. The van der Waals surface area contributed by atoms with Crippen LogP contribution in [0, 0.1) is 6.92 Å². The van der Waals surface area contributed by atoms with Gasteiger partial charge in [0, 0.05) is 19.3 Å². The quantitative estimate of drug-likeness (QED) is 0.780. The number of aromatic nitrogens is 4. The summed E-state index contributed by atoms with van der Waals surface area (Å²) in [5.74, 6) is 1.86. The third kappa shape index (κ3) is 2.92. The molecule has 0 aliphatic heterocycles. The van der Waals surface area contributed by atoms with Crippen LogP contribution in [-0.2, 0) is 19.6 Å². The Morgan fingerprint density at radius 1 is 1.10 bits per heavy atom. The fourth-order valence-electron chi connectivity index (χ4n) is 2.52. The van der Waals surface area contributed by atoms with Crippen LogP contribution in [0.3, 0.4) is 0 Å². The van der Waals surface area contributed by atoms with Gasteiger partial charge in [0.25, 0.3) is 0 Å². The highest BCUT2D eigenvalue weighted by atomic mass is 15.1. The summed E-state index contributed by atoms with van der Waals surface area (Å²) in [6, 6.07) is 10.2. The van der Waals surface area contributed by atoms with Crippen molar-refractivity contribution in [3.63, 3.8) is 0 Å². The highest BCUT2D eigenvalue weighted by Gasteiger charge is 2.08. The van der Waals surface area contributed by atoms with Gasteiger partial charge in [0.2, 0.25) is 0 Å². The van der Waals surface area contributed by atoms with E-state index in [9.17, 15) is 0 Å². The molecule has 108 valence electrons. The molecule has 5 heteroatoms. The summed E-state index contributed by atoms with van der Waals surface area (Å²) < 4.78 is 2.24. The zero-order valence-corrected chi connectivity index (χ0v) is 12.4. The molecule has 2 heterocycles. The fraction of sp³-hybridized carbons (Fsp3) is 0.312. The van der Waals surface area contributed by atoms with Gasteiger partial charge < -0.3 is 9.88 Å². The van der Waals surface area contributed by atoms with Crippen molar-refractivity contribution in [2.75, 3.05) is 0 Å². The van der Waals surface area contributed by atoms with Crippen LogP contribution in [0.4, 0.5) is 0 Å². The molecule has 0 aliphatic carbocycles. The van der Waals surface area contributed by atoms with E-state index in [1.165, 1.54) is 5.52 Å². The lowest BCUT2D eigenvalue weighted by Crippen LogP contribution is -2.17. The highest BCUT2D eigenvalue weighted by Crippen LogP contribution is 2.15. The summed E-state index contributed by atoms with van der Waals surface area (Å²) in [7, 11) is 0. The Kier molecular flexibility index (Phi) is 3.92. The number of hydrogen-bond acceptors (Lipinski definition) is 4. The van der Waals surface area contributed by atoms with Crippen LogP contribution in [0.1, 0.15) is 24.3 Å². The maximum absolute atomic E-state index is 4.70. The number of aryl methyl sites for hydroxylation is 2. The summed E-state index contributed by atoms with van der Waals surface area (Å²) >= 11 is 0. The molecule has 0 bridgehead atoms. The molecule has 0 spiro atoms. The summed E-state index contributed by atoms with van der Waals surface area (Å²) in [6.45, 7) is 6.41. The highest BCUT2D eigenvalue weighted by molar-refractivity contribution is 5.75. The molecule has 0 unspecified atom stereocenters. The van der Waals surface area contributed by atoms with Gasteiger partial charge in [-0.25, -0.2) is 15.0 Å². The van der Waals surface area contributed by atoms with Gasteiger partial charge in [0.1, 0.15) is 11.6 Å². The summed E-state index contributed by atoms with van der Waals surface area (Å²) in [4.78, 5) is 13.2. The van der Waals surface area contributed by atoms with Crippen molar-refractivity contribution in [1.29, 1.82) is 0 Å². The Hall–Kier alpha value is -2.27. The number of rotatable bonds is 5. The van der Waals surface area contributed by atoms with Gasteiger partial charge in [-0.15, -0.1) is 0 Å². The van der Waals surface area contributed by atoms with Crippen LogP contribution in [0.15, 0.2) is 36.5 Å². The second kappa shape index (κ2) is 6.01. The van der Waals surface area contributed by atoms with Crippen LogP contribution in [0.5, 0.6) is 0 Å². The number of nitrogens with zero attached hydrogens (tertiary/aromatic N) is 4. The largest absolute Gasteiger partial charge is 0.327 e. The Labute approximate surface area is 124 Å². The Balaban J connectivity index is 1.73. The van der Waals surface area contributed by atoms with Crippen molar-refractivity contribution >= 4 is 11.0 Å². The van der Waals surface area contributed by atoms with Gasteiger partial charge in [-0.2, -0.15) is 0 Å². The molecule has 0 aliphatic rings. The van der Waals surface area contributed by atoms with Crippen LogP contribution in [-0.4, -0.2) is 19.5 Å². The van der Waals surface area contributed by atoms with Crippen molar-refractivity contribution < 1.29 is 0 Å². The van der Waals surface area contributed by atoms with E-state index in [2.05, 4.69) is 45.0 Å². The first-order valence-corrected chi connectivity index (χ1v) is 7.21. The van der Waals surface area contributed by atoms with Crippen molar-refractivity contribution in [3.8, 4) is 0 Å². The summed E-state index contributed by atoms with van der Waals surface area (Å²) in [5, 5.41) is 3.41. The number of benzene rings is 1. The molecule has 0 saturated heterocycles. The maximum atomic E-state index is 4.70. The molecule has 1 N–H and O–H groups in total. The van der Waals surface area contributed by atoms with Crippen LogP contribution < -0.4 is 5.32 Å². The minimum atomic E-state index is 0.719. The third-order valence-electron chi connectivity index (χ3n) is 3.47. The number of hydrogen-bond donors (Lipinski definition) is 1. The van der Waals surface area contributed by atoms with Crippen molar-refractivity contribution in [2.45, 2.75) is 33.5 Å². The molecule has 0 saturated carbocycles. The van der Waals surface area contributed by atoms with Crippen LogP contribution in [0.25, 0.3) is 11.0 Å². The molecule has 2 aromatic heterocycles. The molecule has 3 rings (SSSR count). The molecule has 3 aromatic rings. The van der Waals surface area contributed by atoms with Gasteiger partial charge >= 0.3 is 0 Å². The van der Waals surface area contributed by atoms with E-state index in [1.807, 2.05) is 19.1 Å². The maximum Gasteiger partial charge on any atom is 0.125 e. The summed E-state index contributed by atoms with van der Waals surface area (Å²) in [6.07, 6.45) is 1.79. The standard InChI is InChI=1S/C16H19N5/c1-3-21-15-7-5-4-6-14(15)20-16(21)11-17-10-13-8-9-18-12(2)19-13/h4-9,17H,3,10-11H2,1-2H3. The van der Waals surface area contributed by atoms with Gasteiger partial charge in [-0.3, -0.25) is 0 Å². The van der Waals surface area contributed by atoms with Gasteiger partial charge in [-0.1, -0.05) is 12.1 Å². The van der Waals surface area contributed by atoms with Crippen molar-refractivity contribution in [3.05, 3.63) is 53.9 Å². The Morgan fingerprint density at radius 3 is 2.76 bits per heavy atom. The lowest BCUT2D eigenvalue weighted by molar-refractivity contribution is 0.612. The van der Waals surface area contributed by atoms with E-state index >= 15 is 0 Å². The topological polar surface area (TPSA) is 55.6 Å². The molecule has 0 radical (unpaired) electrons. The molecule has 0 atom stereocenters. The molecular weight excluding hydrogens is 262 g/mol. The second-order valence-electron chi connectivity index (χ2n) is 4.96. The first-order valence-electron chi connectivity index (χ1n) is 7.21. The molecule has 0 fully saturated rings. The molecule has 0 amide bonds. The van der Waals surface area contributed by atoms with Gasteiger partial charge in [-0.05, 0) is 32.0 Å². The van der Waals surface area contributed by atoms with Crippen LogP contribution in [0.2, 0.25) is 0 Å². The number of nitrogens with one attached hydrogen (secondary N) is 1. The minimum Gasteiger partial charge on any atom is -0.327 e. The lowest BCUT2D eigenvalue weighted by Gasteiger charge is -2.07. The molecule has 21 heavy (non-hydrogen) atoms. The predicted molar refractivity (Wildman–Crippen MR) is 82.7 cm³/mol. The zero-order chi connectivity index (χ0) is 14.7. The van der Waals surface area contributed by atoms with Crippen molar-refractivity contribution in [2.24, 2.45) is 0 Å². The number of fused-ring (bicyclic) bond motifs is 1. The second-order valence-corrected chi connectivity index (χ2v) is 4.96. The van der Waals surface area contributed by atoms with E-state index in [0.29, 0.717) is 0 Å². The van der Waals surface area contributed by atoms with Gasteiger partial charge in [0.05, 0.1) is 23.3 Å². The van der Waals surface area contributed by atoms with E-state index in [-0.39, 0.29) is 0 Å². The van der Waals surface area contributed by atoms with E-state index < -0.39 is 0 Å². The lowest BCUT2D eigenvalue weighted by atomic mass is 10.3. The van der Waals surface area contributed by atoms with E-state index in [1.54, 1.807) is 6.20 Å². The zero-order valence-electron chi connectivity index (χ0n) is 12.4. The molecule has 5 nitrogen and oxygen atoms in total. The monoisotopic (exact) mass is 281 g/mol. The first-order chi connectivity index (χ1) is 10.3. The smallest absolute Gasteiger partial charge is 0.125 e.